The minimum absolute atomic E-state index is 0.0623. The highest BCUT2D eigenvalue weighted by Gasteiger charge is 2.46. The van der Waals surface area contributed by atoms with Crippen LogP contribution in [-0.4, -0.2) is 68.0 Å². The summed E-state index contributed by atoms with van der Waals surface area (Å²) in [6.45, 7) is 0.883. The number of fused-ring (bicyclic) bond motifs is 1. The van der Waals surface area contributed by atoms with Crippen LogP contribution in [0.4, 0.5) is 0 Å². The zero-order valence-corrected chi connectivity index (χ0v) is 19.7. The fourth-order valence-electron chi connectivity index (χ4n) is 4.36. The number of aliphatic hydroxyl groups excluding tert-OH is 1. The van der Waals surface area contributed by atoms with Gasteiger partial charge in [-0.3, -0.25) is 9.59 Å². The third-order valence-electron chi connectivity index (χ3n) is 6.10. The van der Waals surface area contributed by atoms with Crippen LogP contribution >= 0.6 is 0 Å². The number of likely N-dealkylation sites (N-methyl/N-ethyl adjacent to an activating group) is 1. The standard InChI is InChI=1S/C27H28N2O5/c1-28(2)14-15-29-24(18-12-13-21(33-3)22(16-18)34-4)23(26(31)27(29)32)25(30)20-11-7-9-17-8-5-6-10-19(17)20/h5-13,16,24,30H,14-15H2,1-4H3/b25-23+. The summed E-state index contributed by atoms with van der Waals surface area (Å²) in [5, 5.41) is 13.2. The molecule has 7 heteroatoms. The molecule has 3 aromatic carbocycles. The largest absolute Gasteiger partial charge is 0.507 e. The number of amides is 1. The molecule has 176 valence electrons. The van der Waals surface area contributed by atoms with Crippen LogP contribution in [0.3, 0.4) is 0 Å². The molecule has 4 rings (SSSR count). The van der Waals surface area contributed by atoms with E-state index in [2.05, 4.69) is 0 Å². The molecule has 1 N–H and O–H groups in total. The second-order valence-corrected chi connectivity index (χ2v) is 8.44. The molecule has 1 aliphatic rings. The van der Waals surface area contributed by atoms with E-state index in [9.17, 15) is 14.7 Å². The van der Waals surface area contributed by atoms with E-state index in [1.807, 2.05) is 55.4 Å². The number of ether oxygens (including phenoxy) is 2. The number of carbonyl (C=O) groups is 2. The van der Waals surface area contributed by atoms with Gasteiger partial charge in [-0.25, -0.2) is 0 Å². The average Bonchev–Trinajstić information content (AvgIpc) is 3.11. The molecule has 1 unspecified atom stereocenters. The first-order valence-electron chi connectivity index (χ1n) is 11.0. The van der Waals surface area contributed by atoms with Crippen LogP contribution in [0.5, 0.6) is 11.5 Å². The van der Waals surface area contributed by atoms with Gasteiger partial charge in [0.2, 0.25) is 0 Å². The van der Waals surface area contributed by atoms with Gasteiger partial charge in [0.05, 0.1) is 25.8 Å². The third kappa shape index (κ3) is 4.10. The Morgan fingerprint density at radius 2 is 1.68 bits per heavy atom. The van der Waals surface area contributed by atoms with Gasteiger partial charge in [-0.2, -0.15) is 0 Å². The van der Waals surface area contributed by atoms with E-state index in [1.54, 1.807) is 31.4 Å². The first kappa shape index (κ1) is 23.3. The van der Waals surface area contributed by atoms with Crippen molar-refractivity contribution in [3.8, 4) is 11.5 Å². The molecule has 0 bridgehead atoms. The molecule has 0 aliphatic carbocycles. The molecule has 1 fully saturated rings. The van der Waals surface area contributed by atoms with E-state index < -0.39 is 17.7 Å². The van der Waals surface area contributed by atoms with Gasteiger partial charge in [0.1, 0.15) is 5.76 Å². The van der Waals surface area contributed by atoms with Gasteiger partial charge in [0.25, 0.3) is 11.7 Å². The number of likely N-dealkylation sites (tertiary alicyclic amines) is 1. The lowest BCUT2D eigenvalue weighted by atomic mass is 9.93. The number of methoxy groups -OCH3 is 2. The molecule has 1 aliphatic heterocycles. The van der Waals surface area contributed by atoms with Crippen molar-refractivity contribution in [2.75, 3.05) is 41.4 Å². The molecular weight excluding hydrogens is 432 g/mol. The fourth-order valence-corrected chi connectivity index (χ4v) is 4.36. The Bertz CT molecular complexity index is 1280. The summed E-state index contributed by atoms with van der Waals surface area (Å²) in [6, 6.07) is 17.6. The second kappa shape index (κ2) is 9.57. The van der Waals surface area contributed by atoms with Gasteiger partial charge in [0.15, 0.2) is 11.5 Å². The number of rotatable bonds is 7. The summed E-state index contributed by atoms with van der Waals surface area (Å²) in [5.41, 5.74) is 1.22. The predicted molar refractivity (Wildman–Crippen MR) is 131 cm³/mol. The average molecular weight is 461 g/mol. The SMILES string of the molecule is COc1ccc(C2/C(=C(\O)c3cccc4ccccc34)C(=O)C(=O)N2CCN(C)C)cc1OC. The van der Waals surface area contributed by atoms with Crippen molar-refractivity contribution >= 4 is 28.2 Å². The highest BCUT2D eigenvalue weighted by atomic mass is 16.5. The number of benzene rings is 3. The monoisotopic (exact) mass is 460 g/mol. The van der Waals surface area contributed by atoms with Crippen LogP contribution in [0.15, 0.2) is 66.2 Å². The molecule has 1 heterocycles. The maximum atomic E-state index is 13.3. The Balaban J connectivity index is 1.93. The van der Waals surface area contributed by atoms with Gasteiger partial charge >= 0.3 is 0 Å². The van der Waals surface area contributed by atoms with Gasteiger partial charge in [0, 0.05) is 18.7 Å². The van der Waals surface area contributed by atoms with Crippen molar-refractivity contribution in [1.29, 1.82) is 0 Å². The van der Waals surface area contributed by atoms with Crippen molar-refractivity contribution in [3.63, 3.8) is 0 Å². The molecule has 0 radical (unpaired) electrons. The molecule has 0 aromatic heterocycles. The molecule has 3 aromatic rings. The van der Waals surface area contributed by atoms with E-state index in [0.29, 0.717) is 35.7 Å². The maximum Gasteiger partial charge on any atom is 0.295 e. The van der Waals surface area contributed by atoms with Crippen molar-refractivity contribution < 1.29 is 24.2 Å². The summed E-state index contributed by atoms with van der Waals surface area (Å²) < 4.78 is 10.8. The van der Waals surface area contributed by atoms with E-state index in [-0.39, 0.29) is 11.3 Å². The van der Waals surface area contributed by atoms with Gasteiger partial charge in [-0.05, 0) is 42.6 Å². The number of hydrogen-bond acceptors (Lipinski definition) is 6. The van der Waals surface area contributed by atoms with Crippen molar-refractivity contribution in [2.45, 2.75) is 6.04 Å². The van der Waals surface area contributed by atoms with Crippen LogP contribution in [0, 0.1) is 0 Å². The number of ketones is 1. The van der Waals surface area contributed by atoms with Crippen LogP contribution in [0.1, 0.15) is 17.2 Å². The van der Waals surface area contributed by atoms with Gasteiger partial charge in [-0.1, -0.05) is 48.5 Å². The predicted octanol–water partition coefficient (Wildman–Crippen LogP) is 3.84. The molecule has 7 nitrogen and oxygen atoms in total. The van der Waals surface area contributed by atoms with E-state index >= 15 is 0 Å². The lowest BCUT2D eigenvalue weighted by Crippen LogP contribution is -2.35. The quantitative estimate of drug-likeness (QED) is 0.328. The minimum atomic E-state index is -0.765. The molecule has 1 saturated heterocycles. The summed E-state index contributed by atoms with van der Waals surface area (Å²) in [5.74, 6) is -0.524. The molecule has 1 atom stereocenters. The topological polar surface area (TPSA) is 79.3 Å². The van der Waals surface area contributed by atoms with Crippen LogP contribution in [-0.2, 0) is 9.59 Å². The second-order valence-electron chi connectivity index (χ2n) is 8.44. The van der Waals surface area contributed by atoms with Crippen LogP contribution in [0.25, 0.3) is 16.5 Å². The van der Waals surface area contributed by atoms with Gasteiger partial charge in [-0.15, -0.1) is 0 Å². The Kier molecular flexibility index (Phi) is 6.56. The summed E-state index contributed by atoms with van der Waals surface area (Å²) in [4.78, 5) is 29.9. The molecule has 0 spiro atoms. The number of hydrogen-bond donors (Lipinski definition) is 1. The minimum Gasteiger partial charge on any atom is -0.507 e. The Hall–Kier alpha value is -3.84. The Labute approximate surface area is 198 Å². The lowest BCUT2D eigenvalue weighted by molar-refractivity contribution is -0.140. The summed E-state index contributed by atoms with van der Waals surface area (Å²) in [7, 11) is 6.87. The zero-order chi connectivity index (χ0) is 24.4. The van der Waals surface area contributed by atoms with E-state index in [1.165, 1.54) is 12.0 Å². The van der Waals surface area contributed by atoms with Gasteiger partial charge < -0.3 is 24.4 Å². The van der Waals surface area contributed by atoms with E-state index in [0.717, 1.165) is 10.8 Å². The smallest absolute Gasteiger partial charge is 0.295 e. The van der Waals surface area contributed by atoms with Crippen molar-refractivity contribution in [1.82, 2.24) is 9.80 Å². The highest BCUT2D eigenvalue weighted by molar-refractivity contribution is 6.46. The molecular formula is C27H28N2O5. The number of Topliss-reactive ketones (excluding diaryl/α,β-unsaturated/α-hetero) is 1. The highest BCUT2D eigenvalue weighted by Crippen LogP contribution is 2.42. The summed E-state index contributed by atoms with van der Waals surface area (Å²) >= 11 is 0. The Morgan fingerprint density at radius 1 is 0.971 bits per heavy atom. The van der Waals surface area contributed by atoms with Crippen LogP contribution < -0.4 is 9.47 Å². The number of aliphatic hydroxyl groups is 1. The molecule has 1 amide bonds. The van der Waals surface area contributed by atoms with Crippen LogP contribution in [0.2, 0.25) is 0 Å². The van der Waals surface area contributed by atoms with Crippen molar-refractivity contribution in [2.24, 2.45) is 0 Å². The molecule has 34 heavy (non-hydrogen) atoms. The van der Waals surface area contributed by atoms with E-state index in [4.69, 9.17) is 9.47 Å². The maximum absolute atomic E-state index is 13.3. The third-order valence-corrected chi connectivity index (χ3v) is 6.10. The van der Waals surface area contributed by atoms with Crippen molar-refractivity contribution in [3.05, 3.63) is 77.4 Å². The zero-order valence-electron chi connectivity index (χ0n) is 19.7. The first-order chi connectivity index (χ1) is 16.4. The fraction of sp³-hybridized carbons (Fsp3) is 0.259. The normalized spacial score (nSPS) is 17.6. The number of nitrogens with zero attached hydrogens (tertiary/aromatic N) is 2. The summed E-state index contributed by atoms with van der Waals surface area (Å²) in [6.07, 6.45) is 0. The number of carbonyl (C=O) groups excluding carboxylic acids is 2. The lowest BCUT2D eigenvalue weighted by Gasteiger charge is -2.27. The molecule has 0 saturated carbocycles. The Morgan fingerprint density at radius 3 is 2.38 bits per heavy atom. The first-order valence-corrected chi connectivity index (χ1v) is 11.0.